The zero-order chi connectivity index (χ0) is 15.4. The maximum Gasteiger partial charge on any atom is 1.00 e. The molecule has 4 heteroatoms. The molecule has 5 N–H and O–H groups in total. The molecule has 0 unspecified atom stereocenters. The molecule has 0 fully saturated rings. The van der Waals surface area contributed by atoms with Crippen molar-refractivity contribution in [2.75, 3.05) is 26.2 Å². The van der Waals surface area contributed by atoms with Gasteiger partial charge in [-0.1, -0.05) is 64.2 Å². The summed E-state index contributed by atoms with van der Waals surface area (Å²) in [7, 11) is 0. The van der Waals surface area contributed by atoms with Gasteiger partial charge in [0.05, 0.1) is 0 Å². The topological polar surface area (TPSA) is 64.1 Å². The molecule has 0 saturated carbocycles. The van der Waals surface area contributed by atoms with Crippen molar-refractivity contribution in [2.24, 2.45) is 11.5 Å². The van der Waals surface area contributed by atoms with Gasteiger partial charge in [0.25, 0.3) is 0 Å². The summed E-state index contributed by atoms with van der Waals surface area (Å²) < 4.78 is 0. The number of nitrogens with two attached hydrogens (primary N) is 2. The summed E-state index contributed by atoms with van der Waals surface area (Å²) in [5.74, 6) is 0. The second kappa shape index (κ2) is 23.7. The first-order valence-electron chi connectivity index (χ1n) is 9.52. The van der Waals surface area contributed by atoms with Crippen molar-refractivity contribution in [1.29, 1.82) is 0 Å². The van der Waals surface area contributed by atoms with Crippen LogP contribution in [0, 0.1) is 0 Å². The monoisotopic (exact) mass is 307 g/mol. The van der Waals surface area contributed by atoms with E-state index in [4.69, 9.17) is 11.5 Å². The molecule has 0 aliphatic rings. The largest absolute Gasteiger partial charge is 1.00 e. The Balaban J connectivity index is -0.00000200. The van der Waals surface area contributed by atoms with E-state index in [9.17, 15) is 0 Å². The molecule has 0 aliphatic carbocycles. The third kappa shape index (κ3) is 22.8. The minimum Gasteiger partial charge on any atom is -1.00 e. The Kier molecular flexibility index (Phi) is 26.7. The van der Waals surface area contributed by atoms with Crippen LogP contribution >= 0.6 is 0 Å². The molecule has 0 bridgehead atoms. The van der Waals surface area contributed by atoms with E-state index in [0.29, 0.717) is 0 Å². The first-order valence-corrected chi connectivity index (χ1v) is 9.52. The van der Waals surface area contributed by atoms with Gasteiger partial charge in [0.1, 0.15) is 0 Å². The first kappa shape index (κ1) is 24.7. The molecular weight excluding hydrogens is 265 g/mol. The first-order chi connectivity index (χ1) is 10.4. The minimum atomic E-state index is 0. The van der Waals surface area contributed by atoms with Gasteiger partial charge in [-0.15, -0.1) is 0 Å². The maximum atomic E-state index is 5.48. The molecule has 0 rings (SSSR count). The number of rotatable bonds is 18. The molecular formula is C18H42LiN3. The van der Waals surface area contributed by atoms with Crippen LogP contribution in [0.4, 0.5) is 0 Å². The normalized spacial score (nSPS) is 10.6. The molecule has 0 saturated heterocycles. The maximum absolute atomic E-state index is 5.48. The Morgan fingerprint density at radius 1 is 0.455 bits per heavy atom. The summed E-state index contributed by atoms with van der Waals surface area (Å²) in [5.41, 5.74) is 11.0. The fourth-order valence-corrected chi connectivity index (χ4v) is 2.68. The second-order valence-electron chi connectivity index (χ2n) is 6.28. The number of unbranched alkanes of at least 4 members (excludes halogenated alkanes) is 12. The van der Waals surface area contributed by atoms with Gasteiger partial charge in [-0.25, -0.2) is 0 Å². The number of hydrogen-bond acceptors (Lipinski definition) is 3. The van der Waals surface area contributed by atoms with Gasteiger partial charge in [-0.05, 0) is 51.9 Å². The summed E-state index contributed by atoms with van der Waals surface area (Å²) >= 11 is 0. The molecule has 3 nitrogen and oxygen atoms in total. The van der Waals surface area contributed by atoms with Gasteiger partial charge >= 0.3 is 18.9 Å². The third-order valence-electron chi connectivity index (χ3n) is 4.12. The predicted molar refractivity (Wildman–Crippen MR) is 96.7 cm³/mol. The Morgan fingerprint density at radius 2 is 0.727 bits per heavy atom. The van der Waals surface area contributed by atoms with Crippen LogP contribution < -0.4 is 35.6 Å². The molecule has 0 aromatic rings. The summed E-state index contributed by atoms with van der Waals surface area (Å²) in [6.45, 7) is 4.13. The van der Waals surface area contributed by atoms with Gasteiger partial charge in [-0.3, -0.25) is 0 Å². The average molecular weight is 307 g/mol. The van der Waals surface area contributed by atoms with Crippen LogP contribution in [0.5, 0.6) is 0 Å². The van der Waals surface area contributed by atoms with Gasteiger partial charge < -0.3 is 18.2 Å². The van der Waals surface area contributed by atoms with E-state index in [-0.39, 0.29) is 20.3 Å². The summed E-state index contributed by atoms with van der Waals surface area (Å²) in [4.78, 5) is 0. The molecule has 0 spiro atoms. The van der Waals surface area contributed by atoms with Crippen molar-refractivity contribution in [1.82, 2.24) is 5.32 Å². The molecule has 0 aromatic heterocycles. The van der Waals surface area contributed by atoms with Crippen molar-refractivity contribution >= 4 is 0 Å². The van der Waals surface area contributed by atoms with Gasteiger partial charge in [-0.2, -0.15) is 0 Å². The van der Waals surface area contributed by atoms with Crippen molar-refractivity contribution in [2.45, 2.75) is 89.9 Å². The van der Waals surface area contributed by atoms with Crippen LogP contribution in [0.1, 0.15) is 91.3 Å². The van der Waals surface area contributed by atoms with Crippen molar-refractivity contribution in [3.63, 3.8) is 0 Å². The van der Waals surface area contributed by atoms with E-state index in [0.717, 1.165) is 13.1 Å². The Morgan fingerprint density at radius 3 is 1.05 bits per heavy atom. The average Bonchev–Trinajstić information content (AvgIpc) is 2.50. The fraction of sp³-hybridized carbons (Fsp3) is 1.00. The number of hydrogen-bond donors (Lipinski definition) is 3. The van der Waals surface area contributed by atoms with Gasteiger partial charge in [0.2, 0.25) is 0 Å². The summed E-state index contributed by atoms with van der Waals surface area (Å²) in [5, 5.41) is 3.57. The zero-order valence-electron chi connectivity index (χ0n) is 16.4. The van der Waals surface area contributed by atoms with Crippen LogP contribution in [-0.2, 0) is 0 Å². The zero-order valence-corrected chi connectivity index (χ0v) is 15.4. The Labute approximate surface area is 153 Å². The van der Waals surface area contributed by atoms with E-state index >= 15 is 0 Å². The molecule has 0 atom stereocenters. The molecule has 22 heavy (non-hydrogen) atoms. The van der Waals surface area contributed by atoms with E-state index in [2.05, 4.69) is 5.32 Å². The molecule has 0 aliphatic heterocycles. The second-order valence-corrected chi connectivity index (χ2v) is 6.28. The Hall–Kier alpha value is 0.477. The molecule has 0 radical (unpaired) electrons. The van der Waals surface area contributed by atoms with Crippen LogP contribution in [0.2, 0.25) is 0 Å². The molecule has 0 heterocycles. The minimum absolute atomic E-state index is 0. The number of nitrogens with one attached hydrogen (secondary N) is 1. The van der Waals surface area contributed by atoms with E-state index in [1.54, 1.807) is 0 Å². The molecule has 0 aromatic carbocycles. The molecule has 0 amide bonds. The van der Waals surface area contributed by atoms with Crippen molar-refractivity contribution in [3.05, 3.63) is 0 Å². The van der Waals surface area contributed by atoms with Crippen LogP contribution in [0.15, 0.2) is 0 Å². The van der Waals surface area contributed by atoms with Crippen LogP contribution in [0.3, 0.4) is 0 Å². The summed E-state index contributed by atoms with van der Waals surface area (Å²) in [6.07, 6.45) is 18.8. The smallest absolute Gasteiger partial charge is 1.00 e. The summed E-state index contributed by atoms with van der Waals surface area (Å²) in [6, 6.07) is 0. The quantitative estimate of drug-likeness (QED) is 0.262. The van der Waals surface area contributed by atoms with Crippen molar-refractivity contribution in [3.8, 4) is 0 Å². The SMILES string of the molecule is NCCCCCCCCCNCCCCCCCCCN.[H-].[Li+]. The molecule has 130 valence electrons. The van der Waals surface area contributed by atoms with Gasteiger partial charge in [0.15, 0.2) is 0 Å². The van der Waals surface area contributed by atoms with Crippen LogP contribution in [-0.4, -0.2) is 26.2 Å². The van der Waals surface area contributed by atoms with Crippen LogP contribution in [0.25, 0.3) is 0 Å². The van der Waals surface area contributed by atoms with E-state index in [1.165, 1.54) is 103 Å². The third-order valence-corrected chi connectivity index (χ3v) is 4.12. The van der Waals surface area contributed by atoms with Crippen molar-refractivity contribution < 1.29 is 20.3 Å². The fourth-order valence-electron chi connectivity index (χ4n) is 2.68. The van der Waals surface area contributed by atoms with E-state index < -0.39 is 0 Å². The van der Waals surface area contributed by atoms with E-state index in [1.807, 2.05) is 0 Å². The predicted octanol–water partition coefficient (Wildman–Crippen LogP) is 1.07. The van der Waals surface area contributed by atoms with Gasteiger partial charge in [0, 0.05) is 0 Å². The Bertz CT molecular complexity index is 168. The standard InChI is InChI=1S/C18H41N3.Li.H/c19-15-11-7-3-1-5-9-13-17-21-18-14-10-6-2-4-8-12-16-20;;/h21H,1-20H2;;/q;+1;-1.